The number of aromatic nitrogens is 2. The van der Waals surface area contributed by atoms with Crippen molar-refractivity contribution < 1.29 is 4.79 Å². The maximum atomic E-state index is 11.2. The van der Waals surface area contributed by atoms with Crippen LogP contribution in [0.1, 0.15) is 23.0 Å². The van der Waals surface area contributed by atoms with Crippen molar-refractivity contribution in [1.82, 2.24) is 9.78 Å². The summed E-state index contributed by atoms with van der Waals surface area (Å²) in [5.74, 6) is -0.403. The number of hydrogen-bond acceptors (Lipinski definition) is 2. The summed E-state index contributed by atoms with van der Waals surface area (Å²) in [5, 5.41) is 5.23. The lowest BCUT2D eigenvalue weighted by molar-refractivity contribution is 0.100. The van der Waals surface area contributed by atoms with Gasteiger partial charge in [0.25, 0.3) is 0 Å². The van der Waals surface area contributed by atoms with Gasteiger partial charge in [-0.15, -0.1) is 0 Å². The van der Waals surface area contributed by atoms with Crippen LogP contribution in [0.3, 0.4) is 0 Å². The normalized spacial score (nSPS) is 10.8. The second kappa shape index (κ2) is 3.38. The van der Waals surface area contributed by atoms with Crippen LogP contribution in [0.15, 0.2) is 18.2 Å². The number of hydrogen-bond donors (Lipinski definition) is 1. The van der Waals surface area contributed by atoms with E-state index in [2.05, 4.69) is 5.10 Å². The summed E-state index contributed by atoms with van der Waals surface area (Å²) in [4.78, 5) is 11.2. The van der Waals surface area contributed by atoms with Crippen molar-refractivity contribution in [1.29, 1.82) is 0 Å². The molecule has 1 amide bonds. The smallest absolute Gasteiger partial charge is 0.249 e. The van der Waals surface area contributed by atoms with Crippen molar-refractivity contribution in [3.8, 4) is 0 Å². The largest absolute Gasteiger partial charge is 0.366 e. The predicted molar refractivity (Wildman–Crippen MR) is 58.7 cm³/mol. The maximum absolute atomic E-state index is 11.2. The Morgan fingerprint density at radius 3 is 2.87 bits per heavy atom. The molecule has 0 unspecified atom stereocenters. The first-order valence-electron chi connectivity index (χ1n) is 4.91. The van der Waals surface area contributed by atoms with Gasteiger partial charge in [0.2, 0.25) is 5.91 Å². The second-order valence-corrected chi connectivity index (χ2v) is 3.47. The highest BCUT2D eigenvalue weighted by molar-refractivity contribution is 6.06. The monoisotopic (exact) mass is 203 g/mol. The van der Waals surface area contributed by atoms with Gasteiger partial charge < -0.3 is 5.73 Å². The fourth-order valence-corrected chi connectivity index (χ4v) is 1.87. The first kappa shape index (κ1) is 9.71. The zero-order valence-electron chi connectivity index (χ0n) is 8.82. The van der Waals surface area contributed by atoms with E-state index in [9.17, 15) is 4.79 Å². The Balaban J connectivity index is 2.86. The molecule has 0 atom stereocenters. The Bertz CT molecular complexity index is 528. The number of benzene rings is 1. The number of carbonyl (C=O) groups excluding carboxylic acids is 1. The van der Waals surface area contributed by atoms with Crippen LogP contribution in [0.4, 0.5) is 0 Å². The third kappa shape index (κ3) is 1.38. The molecule has 0 radical (unpaired) electrons. The summed E-state index contributed by atoms with van der Waals surface area (Å²) < 4.78 is 1.87. The fraction of sp³-hybridized carbons (Fsp3) is 0.273. The van der Waals surface area contributed by atoms with Crippen LogP contribution in [-0.4, -0.2) is 15.7 Å². The Hall–Kier alpha value is -1.84. The van der Waals surface area contributed by atoms with E-state index in [4.69, 9.17) is 5.73 Å². The van der Waals surface area contributed by atoms with Gasteiger partial charge in [0.15, 0.2) is 0 Å². The van der Waals surface area contributed by atoms with Crippen molar-refractivity contribution in [3.63, 3.8) is 0 Å². The van der Waals surface area contributed by atoms with Crippen molar-refractivity contribution in [2.24, 2.45) is 5.73 Å². The molecule has 2 N–H and O–H groups in total. The number of carbonyl (C=O) groups is 1. The first-order valence-corrected chi connectivity index (χ1v) is 4.91. The molecule has 1 aromatic heterocycles. The molecule has 0 spiro atoms. The summed E-state index contributed by atoms with van der Waals surface area (Å²) in [6.45, 7) is 4.69. The predicted octanol–water partition coefficient (Wildman–Crippen LogP) is 1.46. The van der Waals surface area contributed by atoms with E-state index >= 15 is 0 Å². The maximum Gasteiger partial charge on any atom is 0.249 e. The molecule has 0 bridgehead atoms. The van der Waals surface area contributed by atoms with Gasteiger partial charge in [-0.05, 0) is 26.0 Å². The van der Waals surface area contributed by atoms with Gasteiger partial charge in [0.1, 0.15) is 0 Å². The lowest BCUT2D eigenvalue weighted by Crippen LogP contribution is -2.11. The molecule has 0 aliphatic rings. The third-order valence-corrected chi connectivity index (χ3v) is 2.52. The highest BCUT2D eigenvalue weighted by Gasteiger charge is 2.13. The molecule has 1 heterocycles. The molecule has 4 heteroatoms. The topological polar surface area (TPSA) is 60.9 Å². The van der Waals surface area contributed by atoms with E-state index in [1.54, 1.807) is 6.07 Å². The summed E-state index contributed by atoms with van der Waals surface area (Å²) in [6, 6.07) is 5.51. The van der Waals surface area contributed by atoms with E-state index in [0.717, 1.165) is 23.1 Å². The molecule has 2 aromatic rings. The van der Waals surface area contributed by atoms with Gasteiger partial charge >= 0.3 is 0 Å². The number of aryl methyl sites for hydroxylation is 2. The van der Waals surface area contributed by atoms with Gasteiger partial charge in [-0.25, -0.2) is 0 Å². The molecule has 0 saturated carbocycles. The number of fused-ring (bicyclic) bond motifs is 1. The fourth-order valence-electron chi connectivity index (χ4n) is 1.87. The molecule has 0 fully saturated rings. The van der Waals surface area contributed by atoms with Gasteiger partial charge in [0.05, 0.1) is 16.8 Å². The number of nitrogens with two attached hydrogens (primary N) is 1. The van der Waals surface area contributed by atoms with E-state index in [-0.39, 0.29) is 0 Å². The third-order valence-electron chi connectivity index (χ3n) is 2.52. The Labute approximate surface area is 87.7 Å². The van der Waals surface area contributed by atoms with E-state index in [1.807, 2.05) is 30.7 Å². The molecule has 0 saturated heterocycles. The second-order valence-electron chi connectivity index (χ2n) is 3.47. The number of amides is 1. The minimum Gasteiger partial charge on any atom is -0.366 e. The molecule has 1 aromatic carbocycles. The minimum absolute atomic E-state index is 0.403. The van der Waals surface area contributed by atoms with Gasteiger partial charge in [-0.1, -0.05) is 6.07 Å². The van der Waals surface area contributed by atoms with E-state index in [0.29, 0.717) is 5.56 Å². The van der Waals surface area contributed by atoms with Gasteiger partial charge in [0, 0.05) is 11.9 Å². The lowest BCUT2D eigenvalue weighted by atomic mass is 10.1. The zero-order chi connectivity index (χ0) is 11.0. The standard InChI is InChI=1S/C11H13N3O/c1-3-14-9-6-4-5-8(11(12)15)10(9)7(2)13-14/h4-6H,3H2,1-2H3,(H2,12,15). The molecule has 15 heavy (non-hydrogen) atoms. The van der Waals surface area contributed by atoms with Crippen molar-refractivity contribution in [3.05, 3.63) is 29.5 Å². The zero-order valence-corrected chi connectivity index (χ0v) is 8.82. The van der Waals surface area contributed by atoms with Crippen LogP contribution in [0, 0.1) is 6.92 Å². The van der Waals surface area contributed by atoms with Crippen molar-refractivity contribution in [2.75, 3.05) is 0 Å². The number of nitrogens with zero attached hydrogens (tertiary/aromatic N) is 2. The molecular weight excluding hydrogens is 190 g/mol. The molecule has 2 rings (SSSR count). The molecule has 0 aliphatic carbocycles. The van der Waals surface area contributed by atoms with E-state index < -0.39 is 5.91 Å². The van der Waals surface area contributed by atoms with Crippen molar-refractivity contribution in [2.45, 2.75) is 20.4 Å². The van der Waals surface area contributed by atoms with E-state index in [1.165, 1.54) is 0 Å². The van der Waals surface area contributed by atoms with Crippen LogP contribution in [-0.2, 0) is 6.54 Å². The van der Waals surface area contributed by atoms with Crippen LogP contribution in [0.25, 0.3) is 10.9 Å². The highest BCUT2D eigenvalue weighted by atomic mass is 16.1. The summed E-state index contributed by atoms with van der Waals surface area (Å²) in [5.41, 5.74) is 7.68. The first-order chi connectivity index (χ1) is 7.15. The Morgan fingerprint density at radius 1 is 1.53 bits per heavy atom. The molecule has 78 valence electrons. The Kier molecular flexibility index (Phi) is 2.19. The number of rotatable bonds is 2. The lowest BCUT2D eigenvalue weighted by Gasteiger charge is -2.00. The van der Waals surface area contributed by atoms with Crippen LogP contribution >= 0.6 is 0 Å². The summed E-state index contributed by atoms with van der Waals surface area (Å²) >= 11 is 0. The Morgan fingerprint density at radius 2 is 2.27 bits per heavy atom. The molecule has 0 aliphatic heterocycles. The van der Waals surface area contributed by atoms with Crippen LogP contribution in [0.5, 0.6) is 0 Å². The molecular formula is C11H13N3O. The quantitative estimate of drug-likeness (QED) is 0.803. The highest BCUT2D eigenvalue weighted by Crippen LogP contribution is 2.21. The SMILES string of the molecule is CCn1nc(C)c2c(C(N)=O)cccc21. The van der Waals surface area contributed by atoms with Crippen molar-refractivity contribution >= 4 is 16.8 Å². The average molecular weight is 203 g/mol. The average Bonchev–Trinajstić information content (AvgIpc) is 2.55. The molecule has 4 nitrogen and oxygen atoms in total. The van der Waals surface area contributed by atoms with Crippen LogP contribution in [0.2, 0.25) is 0 Å². The summed E-state index contributed by atoms with van der Waals surface area (Å²) in [6.07, 6.45) is 0. The van der Waals surface area contributed by atoms with Gasteiger partial charge in [-0.2, -0.15) is 5.10 Å². The van der Waals surface area contributed by atoms with Crippen LogP contribution < -0.4 is 5.73 Å². The number of primary amides is 1. The van der Waals surface area contributed by atoms with Gasteiger partial charge in [-0.3, -0.25) is 9.48 Å². The summed E-state index contributed by atoms with van der Waals surface area (Å²) in [7, 11) is 0. The minimum atomic E-state index is -0.403.